The van der Waals surface area contributed by atoms with Crippen LogP contribution in [0.15, 0.2) is 41.3 Å². The van der Waals surface area contributed by atoms with Crippen molar-refractivity contribution in [2.45, 2.75) is 19.3 Å². The minimum atomic E-state index is -0.754. The van der Waals surface area contributed by atoms with E-state index in [0.717, 1.165) is 35.9 Å². The Labute approximate surface area is 222 Å². The van der Waals surface area contributed by atoms with E-state index in [1.54, 1.807) is 23.1 Å². The first-order chi connectivity index (χ1) is 17.3. The number of imide groups is 1. The van der Waals surface area contributed by atoms with E-state index >= 15 is 0 Å². The molecule has 0 bridgehead atoms. The summed E-state index contributed by atoms with van der Waals surface area (Å²) in [5.74, 6) is -1.31. The van der Waals surface area contributed by atoms with Crippen molar-refractivity contribution < 1.29 is 28.7 Å². The number of para-hydroxylation sites is 1. The largest absolute Gasteiger partial charge is 0.493 e. The molecular weight excluding hydrogens is 527 g/mol. The van der Waals surface area contributed by atoms with Crippen molar-refractivity contribution in [2.75, 3.05) is 26.7 Å². The molecule has 11 heteroatoms. The van der Waals surface area contributed by atoms with Gasteiger partial charge in [-0.1, -0.05) is 35.3 Å². The molecule has 2 aliphatic rings. The van der Waals surface area contributed by atoms with E-state index in [0.29, 0.717) is 23.7 Å². The Bertz CT molecular complexity index is 1260. The highest BCUT2D eigenvalue weighted by atomic mass is 35.5. The number of esters is 1. The summed E-state index contributed by atoms with van der Waals surface area (Å²) in [6.45, 7) is 0.944. The summed E-state index contributed by atoms with van der Waals surface area (Å²) in [4.78, 5) is 53.7. The third-order valence-corrected chi connectivity index (χ3v) is 7.19. The highest BCUT2D eigenvalue weighted by Gasteiger charge is 2.37. The first kappa shape index (κ1) is 26.1. The minimum absolute atomic E-state index is 0.0483. The van der Waals surface area contributed by atoms with Gasteiger partial charge in [0.1, 0.15) is 6.54 Å². The topological polar surface area (TPSA) is 93.2 Å². The number of ether oxygens (including phenoxy) is 2. The van der Waals surface area contributed by atoms with E-state index in [9.17, 15) is 19.2 Å². The number of methoxy groups -OCH3 is 1. The molecule has 36 heavy (non-hydrogen) atoms. The van der Waals surface area contributed by atoms with Gasteiger partial charge in [-0.05, 0) is 61.4 Å². The van der Waals surface area contributed by atoms with Crippen molar-refractivity contribution in [3.05, 3.63) is 62.5 Å². The normalized spacial score (nSPS) is 17.0. The predicted molar refractivity (Wildman–Crippen MR) is 138 cm³/mol. The molecule has 3 amide bonds. The molecule has 0 radical (unpaired) electrons. The first-order valence-electron chi connectivity index (χ1n) is 11.2. The van der Waals surface area contributed by atoms with Gasteiger partial charge in [0.15, 0.2) is 11.5 Å². The van der Waals surface area contributed by atoms with Crippen LogP contribution in [0.1, 0.15) is 35.2 Å². The summed E-state index contributed by atoms with van der Waals surface area (Å²) in [6.07, 6.45) is 4.31. The second-order valence-corrected chi connectivity index (χ2v) is 9.94. The Morgan fingerprint density at radius 3 is 2.53 bits per heavy atom. The standard InChI is InChI=1S/C25H22Cl2N2O6S/c1-34-19-7-5-6-15(22(19)35-24(32)17-9-8-16(26)13-18(17)27)12-20-23(31)29(25(33)36-20)14-21(30)28-10-3-2-4-11-28/h5-9,12-13H,2-4,10-11,14H2,1H3/b20-12-. The molecule has 2 aromatic carbocycles. The second kappa shape index (κ2) is 11.4. The number of thioether (sulfide) groups is 1. The summed E-state index contributed by atoms with van der Waals surface area (Å²) in [6, 6.07) is 9.22. The number of hydrogen-bond donors (Lipinski definition) is 0. The van der Waals surface area contributed by atoms with E-state index < -0.39 is 17.1 Å². The van der Waals surface area contributed by atoms with Gasteiger partial charge in [0.2, 0.25) is 5.91 Å². The molecule has 2 fully saturated rings. The number of carbonyl (C=O) groups excluding carboxylic acids is 4. The van der Waals surface area contributed by atoms with Gasteiger partial charge in [0.25, 0.3) is 11.1 Å². The Hall–Kier alpha value is -3.01. The lowest BCUT2D eigenvalue weighted by molar-refractivity contribution is -0.136. The van der Waals surface area contributed by atoms with E-state index in [1.165, 1.54) is 31.4 Å². The molecule has 0 spiro atoms. The van der Waals surface area contributed by atoms with Gasteiger partial charge in [-0.15, -0.1) is 0 Å². The van der Waals surface area contributed by atoms with E-state index in [4.69, 9.17) is 32.7 Å². The molecule has 2 aromatic rings. The maximum atomic E-state index is 13.0. The van der Waals surface area contributed by atoms with Crippen LogP contribution >= 0.6 is 35.0 Å². The van der Waals surface area contributed by atoms with Crippen LogP contribution in [0.3, 0.4) is 0 Å². The molecular formula is C25H22Cl2N2O6S. The van der Waals surface area contributed by atoms with Crippen LogP contribution in [0.5, 0.6) is 11.5 Å². The molecule has 188 valence electrons. The number of carbonyl (C=O) groups is 4. The van der Waals surface area contributed by atoms with Crippen LogP contribution in [0.25, 0.3) is 6.08 Å². The molecule has 0 atom stereocenters. The van der Waals surface area contributed by atoms with Gasteiger partial charge < -0.3 is 14.4 Å². The highest BCUT2D eigenvalue weighted by Crippen LogP contribution is 2.38. The maximum Gasteiger partial charge on any atom is 0.345 e. The third-order valence-electron chi connectivity index (χ3n) is 5.74. The summed E-state index contributed by atoms with van der Waals surface area (Å²) in [5, 5.41) is -0.0570. The number of nitrogens with zero attached hydrogens (tertiary/aromatic N) is 2. The summed E-state index contributed by atoms with van der Waals surface area (Å²) in [7, 11) is 1.41. The van der Waals surface area contributed by atoms with Crippen molar-refractivity contribution >= 4 is 64.1 Å². The van der Waals surface area contributed by atoms with E-state index in [1.807, 2.05) is 0 Å². The van der Waals surface area contributed by atoms with Gasteiger partial charge in [0.05, 0.1) is 22.6 Å². The molecule has 0 saturated carbocycles. The molecule has 2 aliphatic heterocycles. The molecule has 0 unspecified atom stereocenters. The maximum absolute atomic E-state index is 13.0. The fourth-order valence-corrected chi connectivity index (χ4v) is 5.19. The molecule has 8 nitrogen and oxygen atoms in total. The van der Waals surface area contributed by atoms with E-state index in [2.05, 4.69) is 0 Å². The van der Waals surface area contributed by atoms with Crippen molar-refractivity contribution in [2.24, 2.45) is 0 Å². The zero-order chi connectivity index (χ0) is 25.8. The summed E-state index contributed by atoms with van der Waals surface area (Å²) in [5.41, 5.74) is 0.426. The minimum Gasteiger partial charge on any atom is -0.493 e. The number of halogens is 2. The van der Waals surface area contributed by atoms with Crippen molar-refractivity contribution in [1.29, 1.82) is 0 Å². The van der Waals surface area contributed by atoms with Gasteiger partial charge in [-0.2, -0.15) is 0 Å². The zero-order valence-electron chi connectivity index (χ0n) is 19.3. The van der Waals surface area contributed by atoms with E-state index in [-0.39, 0.29) is 39.4 Å². The van der Waals surface area contributed by atoms with Crippen LogP contribution in [-0.4, -0.2) is 59.6 Å². The van der Waals surface area contributed by atoms with Crippen LogP contribution in [0.2, 0.25) is 10.0 Å². The monoisotopic (exact) mass is 548 g/mol. The average molecular weight is 549 g/mol. The van der Waals surface area contributed by atoms with Crippen molar-refractivity contribution in [3.8, 4) is 11.5 Å². The van der Waals surface area contributed by atoms with Crippen molar-refractivity contribution in [1.82, 2.24) is 9.80 Å². The lowest BCUT2D eigenvalue weighted by Crippen LogP contribution is -2.44. The second-order valence-electron chi connectivity index (χ2n) is 8.10. The smallest absolute Gasteiger partial charge is 0.345 e. The van der Waals surface area contributed by atoms with Crippen molar-refractivity contribution in [3.63, 3.8) is 0 Å². The third kappa shape index (κ3) is 5.69. The molecule has 0 N–H and O–H groups in total. The van der Waals surface area contributed by atoms with Crippen LogP contribution < -0.4 is 9.47 Å². The van der Waals surface area contributed by atoms with Crippen LogP contribution in [0.4, 0.5) is 4.79 Å². The molecule has 0 aliphatic carbocycles. The highest BCUT2D eigenvalue weighted by molar-refractivity contribution is 8.18. The Morgan fingerprint density at radius 2 is 1.83 bits per heavy atom. The Morgan fingerprint density at radius 1 is 1.08 bits per heavy atom. The Kier molecular flexibility index (Phi) is 8.23. The lowest BCUT2D eigenvalue weighted by Gasteiger charge is -2.27. The first-order valence-corrected chi connectivity index (χ1v) is 12.7. The molecule has 4 rings (SSSR count). The summed E-state index contributed by atoms with van der Waals surface area (Å²) >= 11 is 12.8. The fraction of sp³-hybridized carbons (Fsp3) is 0.280. The summed E-state index contributed by atoms with van der Waals surface area (Å²) < 4.78 is 10.9. The van der Waals surface area contributed by atoms with Crippen LogP contribution in [0, 0.1) is 0 Å². The number of rotatable bonds is 6. The van der Waals surface area contributed by atoms with Gasteiger partial charge in [-0.3, -0.25) is 19.3 Å². The number of benzene rings is 2. The SMILES string of the molecule is COc1cccc(/C=C2\SC(=O)N(CC(=O)N3CCCCC3)C2=O)c1OC(=O)c1ccc(Cl)cc1Cl. The Balaban J connectivity index is 1.58. The van der Waals surface area contributed by atoms with Gasteiger partial charge >= 0.3 is 5.97 Å². The molecule has 2 heterocycles. The zero-order valence-corrected chi connectivity index (χ0v) is 21.6. The van der Waals surface area contributed by atoms with Gasteiger partial charge in [-0.25, -0.2) is 4.79 Å². The number of hydrogen-bond acceptors (Lipinski definition) is 7. The fourth-order valence-electron chi connectivity index (χ4n) is 3.88. The quantitative estimate of drug-likeness (QED) is 0.275. The lowest BCUT2D eigenvalue weighted by atomic mass is 10.1. The number of piperidine rings is 1. The average Bonchev–Trinajstić information content (AvgIpc) is 3.12. The van der Waals surface area contributed by atoms with Gasteiger partial charge in [0, 0.05) is 23.7 Å². The predicted octanol–water partition coefficient (Wildman–Crippen LogP) is 5.27. The number of amides is 3. The number of likely N-dealkylation sites (tertiary alicyclic amines) is 1. The molecule has 2 saturated heterocycles. The molecule has 0 aromatic heterocycles. The van der Waals surface area contributed by atoms with Crippen LogP contribution in [-0.2, 0) is 9.59 Å².